The first kappa shape index (κ1) is 14.0. The molecule has 0 radical (unpaired) electrons. The Kier molecular flexibility index (Phi) is 3.63. The van der Waals surface area contributed by atoms with Gasteiger partial charge in [0.05, 0.1) is 18.0 Å². The average molecular weight is 347 g/mol. The number of aliphatic imine (C=N–C) groups is 1. The second-order valence-corrected chi connectivity index (χ2v) is 5.76. The molecule has 0 spiro atoms. The Labute approximate surface area is 131 Å². The molecule has 0 aliphatic carbocycles. The number of fused-ring (bicyclic) bond motifs is 1. The van der Waals surface area contributed by atoms with Gasteiger partial charge in [0.2, 0.25) is 0 Å². The zero-order chi connectivity index (χ0) is 15.0. The highest BCUT2D eigenvalue weighted by Gasteiger charge is 2.24. The van der Waals surface area contributed by atoms with E-state index in [9.17, 15) is 4.79 Å². The number of aromatic nitrogens is 2. The molecule has 0 fully saturated rings. The minimum absolute atomic E-state index is 0.122. The van der Waals surface area contributed by atoms with Crippen molar-refractivity contribution in [2.24, 2.45) is 4.99 Å². The Morgan fingerprint density at radius 3 is 2.71 bits per heavy atom. The molecule has 0 atom stereocenters. The first-order valence-corrected chi connectivity index (χ1v) is 7.58. The highest BCUT2D eigenvalue weighted by Crippen LogP contribution is 2.26. The molecular weight excluding hydrogens is 332 g/mol. The van der Waals surface area contributed by atoms with E-state index < -0.39 is 0 Å². The van der Waals surface area contributed by atoms with Crippen molar-refractivity contribution >= 4 is 33.2 Å². The molecular formula is C15H15BrN4O. The van der Waals surface area contributed by atoms with Crippen LogP contribution in [0.1, 0.15) is 28.7 Å². The molecule has 2 aromatic rings. The van der Waals surface area contributed by atoms with Crippen molar-refractivity contribution in [3.63, 3.8) is 0 Å². The van der Waals surface area contributed by atoms with Crippen LogP contribution in [0, 0.1) is 6.92 Å². The molecule has 1 aromatic heterocycles. The molecule has 1 aliphatic rings. The minimum atomic E-state index is -0.122. The fourth-order valence-electron chi connectivity index (χ4n) is 2.39. The van der Waals surface area contributed by atoms with Crippen molar-refractivity contribution in [3.05, 3.63) is 45.7 Å². The van der Waals surface area contributed by atoms with Crippen molar-refractivity contribution in [1.29, 1.82) is 0 Å². The maximum Gasteiger partial charge on any atom is 0.272 e. The summed E-state index contributed by atoms with van der Waals surface area (Å²) in [6.07, 6.45) is 0. The Balaban J connectivity index is 2.12. The summed E-state index contributed by atoms with van der Waals surface area (Å²) in [5, 5.41) is 7.30. The van der Waals surface area contributed by atoms with Crippen LogP contribution >= 0.6 is 15.9 Å². The molecule has 2 heterocycles. The zero-order valence-electron chi connectivity index (χ0n) is 11.9. The topological polar surface area (TPSA) is 59.3 Å². The lowest BCUT2D eigenvalue weighted by Crippen LogP contribution is -2.29. The molecule has 21 heavy (non-hydrogen) atoms. The van der Waals surface area contributed by atoms with Gasteiger partial charge in [-0.25, -0.2) is 4.99 Å². The van der Waals surface area contributed by atoms with Crippen LogP contribution in [0.25, 0.3) is 0 Å². The summed E-state index contributed by atoms with van der Waals surface area (Å²) in [6, 6.07) is 7.90. The van der Waals surface area contributed by atoms with E-state index >= 15 is 0 Å². The first-order valence-electron chi connectivity index (χ1n) is 6.79. The number of benzene rings is 1. The lowest BCUT2D eigenvalue weighted by atomic mass is 10.1. The van der Waals surface area contributed by atoms with E-state index in [1.54, 1.807) is 4.68 Å². The molecule has 3 rings (SSSR count). The molecule has 0 saturated carbocycles. The van der Waals surface area contributed by atoms with Crippen LogP contribution in [-0.2, 0) is 6.54 Å². The van der Waals surface area contributed by atoms with Gasteiger partial charge in [-0.05, 0) is 31.5 Å². The quantitative estimate of drug-likeness (QED) is 0.908. The maximum atomic E-state index is 12.3. The first-order chi connectivity index (χ1) is 10.1. The number of halogens is 1. The van der Waals surface area contributed by atoms with Crippen LogP contribution in [0.4, 0.5) is 5.69 Å². The third kappa shape index (κ3) is 2.51. The van der Waals surface area contributed by atoms with Gasteiger partial charge in [-0.15, -0.1) is 0 Å². The summed E-state index contributed by atoms with van der Waals surface area (Å²) in [7, 11) is 0. The van der Waals surface area contributed by atoms with E-state index in [4.69, 9.17) is 4.99 Å². The van der Waals surface area contributed by atoms with Crippen molar-refractivity contribution < 1.29 is 4.79 Å². The zero-order valence-corrected chi connectivity index (χ0v) is 13.4. The van der Waals surface area contributed by atoms with Gasteiger partial charge in [0.15, 0.2) is 5.69 Å². The Hall–Kier alpha value is -1.95. The van der Waals surface area contributed by atoms with E-state index in [0.717, 1.165) is 21.4 Å². The Morgan fingerprint density at radius 1 is 1.33 bits per heavy atom. The second-order valence-electron chi connectivity index (χ2n) is 4.85. The number of nitrogens with zero attached hydrogens (tertiary/aromatic N) is 3. The van der Waals surface area contributed by atoms with Gasteiger partial charge in [0.25, 0.3) is 5.91 Å². The van der Waals surface area contributed by atoms with Crippen molar-refractivity contribution in [1.82, 2.24) is 15.1 Å². The summed E-state index contributed by atoms with van der Waals surface area (Å²) in [4.78, 5) is 17.0. The number of aryl methyl sites for hydroxylation is 2. The SMILES string of the molecule is CCn1nc(C)c2c1C(=O)NCC(c1ccc(Br)cc1)=N2. The summed E-state index contributed by atoms with van der Waals surface area (Å²) in [5.74, 6) is -0.122. The predicted octanol–water partition coefficient (Wildman–Crippen LogP) is 2.84. The molecule has 1 N–H and O–H groups in total. The van der Waals surface area contributed by atoms with Crippen molar-refractivity contribution in [2.75, 3.05) is 6.54 Å². The Bertz CT molecular complexity index is 731. The van der Waals surface area contributed by atoms with Gasteiger partial charge >= 0.3 is 0 Å². The normalized spacial score (nSPS) is 14.2. The van der Waals surface area contributed by atoms with E-state index in [1.807, 2.05) is 38.1 Å². The fourth-order valence-corrected chi connectivity index (χ4v) is 2.65. The summed E-state index contributed by atoms with van der Waals surface area (Å²) in [5.41, 5.74) is 3.83. The molecule has 5 nitrogen and oxygen atoms in total. The molecule has 1 amide bonds. The third-order valence-corrected chi connectivity index (χ3v) is 3.98. The monoisotopic (exact) mass is 346 g/mol. The highest BCUT2D eigenvalue weighted by atomic mass is 79.9. The van der Waals surface area contributed by atoms with Crippen LogP contribution < -0.4 is 5.32 Å². The predicted molar refractivity (Wildman–Crippen MR) is 85.3 cm³/mol. The van der Waals surface area contributed by atoms with E-state index in [1.165, 1.54) is 0 Å². The van der Waals surface area contributed by atoms with E-state index in [0.29, 0.717) is 24.5 Å². The number of hydrogen-bond acceptors (Lipinski definition) is 3. The Morgan fingerprint density at radius 2 is 2.05 bits per heavy atom. The van der Waals surface area contributed by atoms with Crippen LogP contribution in [0.5, 0.6) is 0 Å². The molecule has 1 aromatic carbocycles. The molecule has 0 bridgehead atoms. The van der Waals surface area contributed by atoms with Gasteiger partial charge in [-0.2, -0.15) is 5.10 Å². The van der Waals surface area contributed by atoms with Crippen LogP contribution in [0.15, 0.2) is 33.7 Å². The lowest BCUT2D eigenvalue weighted by Gasteiger charge is -2.06. The number of amides is 1. The van der Waals surface area contributed by atoms with Crippen molar-refractivity contribution in [2.45, 2.75) is 20.4 Å². The van der Waals surface area contributed by atoms with Gasteiger partial charge in [0.1, 0.15) is 5.69 Å². The van der Waals surface area contributed by atoms with E-state index in [2.05, 4.69) is 26.3 Å². The summed E-state index contributed by atoms with van der Waals surface area (Å²) < 4.78 is 2.72. The molecule has 0 saturated heterocycles. The third-order valence-electron chi connectivity index (χ3n) is 3.45. The lowest BCUT2D eigenvalue weighted by molar-refractivity contribution is 0.0950. The second kappa shape index (κ2) is 5.44. The number of rotatable bonds is 2. The minimum Gasteiger partial charge on any atom is -0.345 e. The van der Waals surface area contributed by atoms with Gasteiger partial charge in [0, 0.05) is 11.0 Å². The standard InChI is InChI=1S/C15H15BrN4O/c1-3-20-14-13(9(2)19-20)18-12(8-17-15(14)21)10-4-6-11(16)7-5-10/h4-7H,3,8H2,1-2H3,(H,17,21). The van der Waals surface area contributed by atoms with Crippen LogP contribution in [0.2, 0.25) is 0 Å². The summed E-state index contributed by atoms with van der Waals surface area (Å²) in [6.45, 7) is 4.90. The number of hydrogen-bond donors (Lipinski definition) is 1. The van der Waals surface area contributed by atoms with Crippen LogP contribution in [-0.4, -0.2) is 27.9 Å². The molecule has 6 heteroatoms. The number of nitrogens with one attached hydrogen (secondary N) is 1. The largest absolute Gasteiger partial charge is 0.345 e. The average Bonchev–Trinajstić information content (AvgIpc) is 2.69. The number of carbonyl (C=O) groups excluding carboxylic acids is 1. The fraction of sp³-hybridized carbons (Fsp3) is 0.267. The highest BCUT2D eigenvalue weighted by molar-refractivity contribution is 9.10. The molecule has 108 valence electrons. The summed E-state index contributed by atoms with van der Waals surface area (Å²) >= 11 is 3.42. The van der Waals surface area contributed by atoms with Gasteiger partial charge in [-0.3, -0.25) is 9.48 Å². The van der Waals surface area contributed by atoms with Gasteiger partial charge < -0.3 is 5.32 Å². The molecule has 1 aliphatic heterocycles. The smallest absolute Gasteiger partial charge is 0.272 e. The molecule has 0 unspecified atom stereocenters. The van der Waals surface area contributed by atoms with Crippen molar-refractivity contribution in [3.8, 4) is 0 Å². The van der Waals surface area contributed by atoms with E-state index in [-0.39, 0.29) is 5.91 Å². The number of carbonyl (C=O) groups is 1. The van der Waals surface area contributed by atoms with Gasteiger partial charge in [-0.1, -0.05) is 28.1 Å². The van der Waals surface area contributed by atoms with Crippen LogP contribution in [0.3, 0.4) is 0 Å². The maximum absolute atomic E-state index is 12.3.